The summed E-state index contributed by atoms with van der Waals surface area (Å²) < 4.78 is 5.23. The van der Waals surface area contributed by atoms with Gasteiger partial charge in [-0.15, -0.1) is 0 Å². The van der Waals surface area contributed by atoms with Crippen LogP contribution in [0.2, 0.25) is 0 Å². The van der Waals surface area contributed by atoms with Crippen molar-refractivity contribution < 1.29 is 9.53 Å². The maximum atomic E-state index is 12.0. The summed E-state index contributed by atoms with van der Waals surface area (Å²) in [6.07, 6.45) is 1.44. The van der Waals surface area contributed by atoms with Crippen molar-refractivity contribution in [3.8, 4) is 6.07 Å². The number of hydrogen-bond acceptors (Lipinski definition) is 5. The highest BCUT2D eigenvalue weighted by molar-refractivity contribution is 5.82. The number of carbonyl (C=O) groups excluding carboxylic acids is 1. The molecule has 0 unspecified atom stereocenters. The molecule has 0 N–H and O–H groups in total. The molecule has 0 saturated heterocycles. The average molecular weight is 269 g/mol. The van der Waals surface area contributed by atoms with E-state index in [0.29, 0.717) is 11.2 Å². The van der Waals surface area contributed by atoms with E-state index >= 15 is 0 Å². The molecule has 1 atom stereocenters. The summed E-state index contributed by atoms with van der Waals surface area (Å²) in [6, 6.07) is 9.22. The Hall–Kier alpha value is -2.48. The van der Waals surface area contributed by atoms with Crippen LogP contribution < -0.4 is 0 Å². The van der Waals surface area contributed by atoms with Crippen molar-refractivity contribution in [1.29, 1.82) is 5.26 Å². The van der Waals surface area contributed by atoms with Gasteiger partial charge in [-0.2, -0.15) is 5.26 Å². The normalized spacial score (nSPS) is 12.7. The molecule has 0 saturated carbocycles. The van der Waals surface area contributed by atoms with E-state index in [1.54, 1.807) is 26.8 Å². The average Bonchev–Trinajstić information content (AvgIpc) is 2.37. The van der Waals surface area contributed by atoms with Gasteiger partial charge in [-0.3, -0.25) is 9.78 Å². The van der Waals surface area contributed by atoms with Crippen LogP contribution in [0.15, 0.2) is 30.5 Å². The van der Waals surface area contributed by atoms with Gasteiger partial charge in [0.2, 0.25) is 0 Å². The molecule has 20 heavy (non-hydrogen) atoms. The van der Waals surface area contributed by atoms with Crippen molar-refractivity contribution in [1.82, 2.24) is 9.97 Å². The molecule has 2 rings (SSSR count). The number of nitrogens with zero attached hydrogens (tertiary/aromatic N) is 3. The zero-order valence-electron chi connectivity index (χ0n) is 11.6. The van der Waals surface area contributed by atoms with E-state index in [1.807, 2.05) is 24.3 Å². The Morgan fingerprint density at radius 1 is 1.30 bits per heavy atom. The number of carbonyl (C=O) groups is 1. The molecule has 0 amide bonds. The predicted octanol–water partition coefficient (Wildman–Crippen LogP) is 2.58. The van der Waals surface area contributed by atoms with Crippen molar-refractivity contribution in [3.63, 3.8) is 0 Å². The topological polar surface area (TPSA) is 75.9 Å². The summed E-state index contributed by atoms with van der Waals surface area (Å²) in [5.74, 6) is -1.67. The summed E-state index contributed by atoms with van der Waals surface area (Å²) in [4.78, 5) is 20.5. The van der Waals surface area contributed by atoms with Crippen LogP contribution in [0.4, 0.5) is 0 Å². The van der Waals surface area contributed by atoms with Gasteiger partial charge in [0.15, 0.2) is 5.92 Å². The molecule has 0 fully saturated rings. The Morgan fingerprint density at radius 2 is 1.95 bits per heavy atom. The van der Waals surface area contributed by atoms with Gasteiger partial charge in [-0.1, -0.05) is 12.1 Å². The molecular weight excluding hydrogens is 254 g/mol. The molecule has 1 aromatic carbocycles. The van der Waals surface area contributed by atoms with Crippen molar-refractivity contribution in [3.05, 3.63) is 36.2 Å². The van der Waals surface area contributed by atoms with Crippen molar-refractivity contribution in [2.45, 2.75) is 32.3 Å². The standard InChI is InChI=1S/C15H15N3O2/c1-15(2,3)20-14(19)10(8-16)13-9-17-11-6-4-5-7-12(11)18-13/h4-7,9-10H,1-3H3/t10-/m1/s1. The second kappa shape index (κ2) is 5.25. The molecule has 1 aromatic heterocycles. The zero-order valence-corrected chi connectivity index (χ0v) is 11.6. The fourth-order valence-corrected chi connectivity index (χ4v) is 1.71. The number of aromatic nitrogens is 2. The number of rotatable bonds is 2. The number of esters is 1. The van der Waals surface area contributed by atoms with E-state index in [2.05, 4.69) is 9.97 Å². The van der Waals surface area contributed by atoms with Crippen LogP contribution in [0.3, 0.4) is 0 Å². The third-order valence-corrected chi connectivity index (χ3v) is 2.53. The second-order valence-corrected chi connectivity index (χ2v) is 5.38. The van der Waals surface area contributed by atoms with Gasteiger partial charge in [-0.05, 0) is 32.9 Å². The number of nitriles is 1. The lowest BCUT2D eigenvalue weighted by atomic mass is 10.1. The molecule has 0 bridgehead atoms. The molecule has 0 aliphatic carbocycles. The molecule has 102 valence electrons. The molecule has 5 nitrogen and oxygen atoms in total. The summed E-state index contributed by atoms with van der Waals surface area (Å²) >= 11 is 0. The van der Waals surface area contributed by atoms with Crippen molar-refractivity contribution >= 4 is 17.0 Å². The first-order valence-corrected chi connectivity index (χ1v) is 6.25. The van der Waals surface area contributed by atoms with Gasteiger partial charge in [0.1, 0.15) is 5.60 Å². The van der Waals surface area contributed by atoms with Gasteiger partial charge >= 0.3 is 5.97 Å². The zero-order chi connectivity index (χ0) is 14.8. The highest BCUT2D eigenvalue weighted by Crippen LogP contribution is 2.20. The molecule has 0 spiro atoms. The quantitative estimate of drug-likeness (QED) is 0.783. The molecular formula is C15H15N3O2. The Kier molecular flexibility index (Phi) is 3.66. The van der Waals surface area contributed by atoms with E-state index in [4.69, 9.17) is 4.74 Å². The summed E-state index contributed by atoms with van der Waals surface area (Å²) in [5, 5.41) is 9.20. The van der Waals surface area contributed by atoms with Crippen LogP contribution in [0.25, 0.3) is 11.0 Å². The van der Waals surface area contributed by atoms with E-state index in [1.165, 1.54) is 6.20 Å². The summed E-state index contributed by atoms with van der Waals surface area (Å²) in [5.41, 5.74) is 1.03. The van der Waals surface area contributed by atoms with E-state index in [-0.39, 0.29) is 0 Å². The minimum atomic E-state index is -1.06. The lowest BCUT2D eigenvalue weighted by molar-refractivity contribution is -0.155. The first-order valence-electron chi connectivity index (χ1n) is 6.25. The largest absolute Gasteiger partial charge is 0.459 e. The Balaban J connectivity index is 2.35. The SMILES string of the molecule is CC(C)(C)OC(=O)[C@H](C#N)c1cnc2ccccc2n1. The smallest absolute Gasteiger partial charge is 0.330 e. The maximum Gasteiger partial charge on any atom is 0.330 e. The number of hydrogen-bond donors (Lipinski definition) is 0. The van der Waals surface area contributed by atoms with Crippen molar-refractivity contribution in [2.24, 2.45) is 0 Å². The van der Waals surface area contributed by atoms with E-state index in [9.17, 15) is 10.1 Å². The Labute approximate surface area is 117 Å². The maximum absolute atomic E-state index is 12.0. The number of benzene rings is 1. The van der Waals surface area contributed by atoms with Gasteiger partial charge in [0.05, 0.1) is 29.0 Å². The third-order valence-electron chi connectivity index (χ3n) is 2.53. The lowest BCUT2D eigenvalue weighted by Crippen LogP contribution is -2.27. The highest BCUT2D eigenvalue weighted by Gasteiger charge is 2.28. The number of para-hydroxylation sites is 2. The molecule has 1 heterocycles. The first-order chi connectivity index (χ1) is 9.40. The van der Waals surface area contributed by atoms with Crippen molar-refractivity contribution in [2.75, 3.05) is 0 Å². The highest BCUT2D eigenvalue weighted by atomic mass is 16.6. The lowest BCUT2D eigenvalue weighted by Gasteiger charge is -2.21. The van der Waals surface area contributed by atoms with Gasteiger partial charge < -0.3 is 4.74 Å². The molecule has 2 aromatic rings. The van der Waals surface area contributed by atoms with E-state index < -0.39 is 17.5 Å². The van der Waals surface area contributed by atoms with E-state index in [0.717, 1.165) is 5.52 Å². The molecule has 0 radical (unpaired) electrons. The number of fused-ring (bicyclic) bond motifs is 1. The fraction of sp³-hybridized carbons (Fsp3) is 0.333. The minimum Gasteiger partial charge on any atom is -0.459 e. The van der Waals surface area contributed by atoms with Gasteiger partial charge in [0, 0.05) is 0 Å². The fourth-order valence-electron chi connectivity index (χ4n) is 1.71. The monoisotopic (exact) mass is 269 g/mol. The van der Waals surface area contributed by atoms with Crippen LogP contribution >= 0.6 is 0 Å². The second-order valence-electron chi connectivity index (χ2n) is 5.38. The van der Waals surface area contributed by atoms with Crippen LogP contribution in [-0.2, 0) is 9.53 Å². The summed E-state index contributed by atoms with van der Waals surface area (Å²) in [7, 11) is 0. The first kappa shape index (κ1) is 13.9. The van der Waals surface area contributed by atoms with Gasteiger partial charge in [0.25, 0.3) is 0 Å². The molecule has 5 heteroatoms. The minimum absolute atomic E-state index is 0.306. The van der Waals surface area contributed by atoms with Crippen LogP contribution in [0.1, 0.15) is 32.4 Å². The number of ether oxygens (including phenoxy) is 1. The third kappa shape index (κ3) is 3.09. The molecule has 0 aliphatic heterocycles. The van der Waals surface area contributed by atoms with Crippen LogP contribution in [-0.4, -0.2) is 21.5 Å². The Morgan fingerprint density at radius 3 is 2.55 bits per heavy atom. The Bertz CT molecular complexity index is 683. The predicted molar refractivity (Wildman–Crippen MR) is 73.7 cm³/mol. The van der Waals surface area contributed by atoms with Gasteiger partial charge in [-0.25, -0.2) is 4.98 Å². The van der Waals surface area contributed by atoms with Crippen LogP contribution in [0, 0.1) is 11.3 Å². The van der Waals surface area contributed by atoms with Crippen LogP contribution in [0.5, 0.6) is 0 Å². The molecule has 0 aliphatic rings. The summed E-state index contributed by atoms with van der Waals surface area (Å²) in [6.45, 7) is 5.27.